The molecule has 7 heteroatoms. The predicted octanol–water partition coefficient (Wildman–Crippen LogP) is 1.34. The summed E-state index contributed by atoms with van der Waals surface area (Å²) in [6, 6.07) is 9.50. The summed E-state index contributed by atoms with van der Waals surface area (Å²) in [6.45, 7) is 2.09. The van der Waals surface area contributed by atoms with E-state index in [1.165, 1.54) is 0 Å². The van der Waals surface area contributed by atoms with Crippen LogP contribution in [0.15, 0.2) is 35.4 Å². The summed E-state index contributed by atoms with van der Waals surface area (Å²) >= 11 is 0. The van der Waals surface area contributed by atoms with E-state index in [0.29, 0.717) is 38.2 Å². The van der Waals surface area contributed by atoms with E-state index in [9.17, 15) is 9.59 Å². The number of carbonyl (C=O) groups excluding carboxylic acids is 2. The van der Waals surface area contributed by atoms with Gasteiger partial charge in [-0.1, -0.05) is 18.2 Å². The predicted molar refractivity (Wildman–Crippen MR) is 92.3 cm³/mol. The van der Waals surface area contributed by atoms with Crippen molar-refractivity contribution < 1.29 is 19.1 Å². The van der Waals surface area contributed by atoms with Crippen LogP contribution in [0.25, 0.3) is 0 Å². The quantitative estimate of drug-likeness (QED) is 0.809. The Morgan fingerprint density at radius 2 is 2.16 bits per heavy atom. The molecule has 2 aliphatic rings. The smallest absolute Gasteiger partial charge is 0.270 e. The van der Waals surface area contributed by atoms with Gasteiger partial charge in [0.2, 0.25) is 5.91 Å². The molecule has 0 radical (unpaired) electrons. The van der Waals surface area contributed by atoms with Crippen LogP contribution in [0.2, 0.25) is 0 Å². The lowest BCUT2D eigenvalue weighted by Crippen LogP contribution is -2.45. The largest absolute Gasteiger partial charge is 0.492 e. The highest BCUT2D eigenvalue weighted by Gasteiger charge is 2.27. The third-order valence-corrected chi connectivity index (χ3v) is 4.26. The molecule has 1 atom stereocenters. The fourth-order valence-electron chi connectivity index (χ4n) is 2.91. The highest BCUT2D eigenvalue weighted by atomic mass is 16.5. The standard InChI is InChI=1S/C18H23N3O4/c22-17-9-8-16(19-20-17)18(23)21(13-15-7-4-11-24-15)10-12-25-14-5-2-1-3-6-14/h1-3,5-6,15H,4,7-13H2,(H,20,22). The molecule has 25 heavy (non-hydrogen) atoms. The number of hydrogen-bond donors (Lipinski definition) is 1. The van der Waals surface area contributed by atoms with Crippen molar-refractivity contribution in [3.05, 3.63) is 30.3 Å². The van der Waals surface area contributed by atoms with Crippen molar-refractivity contribution >= 4 is 17.5 Å². The second-order valence-electron chi connectivity index (χ2n) is 6.14. The Balaban J connectivity index is 1.59. The number of benzene rings is 1. The number of hydrogen-bond acceptors (Lipinski definition) is 5. The Morgan fingerprint density at radius 1 is 1.32 bits per heavy atom. The molecule has 2 amide bonds. The van der Waals surface area contributed by atoms with Crippen molar-refractivity contribution in [1.29, 1.82) is 0 Å². The lowest BCUT2D eigenvalue weighted by atomic mass is 10.1. The first-order chi connectivity index (χ1) is 12.2. The minimum atomic E-state index is -0.160. The normalized spacial score (nSPS) is 19.9. The second-order valence-corrected chi connectivity index (χ2v) is 6.14. The molecular formula is C18H23N3O4. The van der Waals surface area contributed by atoms with E-state index >= 15 is 0 Å². The maximum Gasteiger partial charge on any atom is 0.270 e. The minimum absolute atomic E-state index is 0.0551. The molecule has 3 rings (SSSR count). The summed E-state index contributed by atoms with van der Waals surface area (Å²) < 4.78 is 11.4. The first-order valence-corrected chi connectivity index (χ1v) is 8.66. The van der Waals surface area contributed by atoms with Crippen LogP contribution in [0.5, 0.6) is 5.75 Å². The zero-order chi connectivity index (χ0) is 17.5. The minimum Gasteiger partial charge on any atom is -0.492 e. The van der Waals surface area contributed by atoms with Gasteiger partial charge in [-0.25, -0.2) is 5.43 Å². The zero-order valence-corrected chi connectivity index (χ0v) is 14.1. The van der Waals surface area contributed by atoms with Gasteiger partial charge in [0.05, 0.1) is 12.6 Å². The Morgan fingerprint density at radius 3 is 2.84 bits per heavy atom. The SMILES string of the molecule is O=C1CCC(C(=O)N(CCOc2ccccc2)CC2CCCO2)=NN1. The summed E-state index contributed by atoms with van der Waals surface area (Å²) in [5, 5.41) is 3.92. The molecule has 1 fully saturated rings. The molecule has 1 saturated heterocycles. The zero-order valence-electron chi connectivity index (χ0n) is 14.1. The van der Waals surface area contributed by atoms with Crippen molar-refractivity contribution in [3.8, 4) is 5.75 Å². The lowest BCUT2D eigenvalue weighted by molar-refractivity contribution is -0.126. The first kappa shape index (κ1) is 17.4. The fraction of sp³-hybridized carbons (Fsp3) is 0.500. The molecule has 134 valence electrons. The molecule has 0 aromatic heterocycles. The monoisotopic (exact) mass is 345 g/mol. The molecule has 2 heterocycles. The van der Waals surface area contributed by atoms with E-state index < -0.39 is 0 Å². The molecule has 0 spiro atoms. The Bertz CT molecular complexity index is 626. The summed E-state index contributed by atoms with van der Waals surface area (Å²) in [6.07, 6.45) is 2.68. The number of hydrazone groups is 1. The number of rotatable bonds is 7. The van der Waals surface area contributed by atoms with E-state index in [1.54, 1.807) is 4.90 Å². The summed E-state index contributed by atoms with van der Waals surface area (Å²) in [5.41, 5.74) is 2.77. The third-order valence-electron chi connectivity index (χ3n) is 4.26. The fourth-order valence-corrected chi connectivity index (χ4v) is 2.91. The average molecular weight is 345 g/mol. The van der Waals surface area contributed by atoms with Gasteiger partial charge in [-0.3, -0.25) is 9.59 Å². The van der Waals surface area contributed by atoms with Crippen LogP contribution in [0, 0.1) is 0 Å². The lowest BCUT2D eigenvalue weighted by Gasteiger charge is -2.26. The molecule has 2 aliphatic heterocycles. The van der Waals surface area contributed by atoms with E-state index in [1.807, 2.05) is 30.3 Å². The van der Waals surface area contributed by atoms with Gasteiger partial charge >= 0.3 is 0 Å². The van der Waals surface area contributed by atoms with Crippen LogP contribution in [-0.2, 0) is 14.3 Å². The van der Waals surface area contributed by atoms with Gasteiger partial charge in [0.1, 0.15) is 18.1 Å². The Labute approximate surface area is 147 Å². The van der Waals surface area contributed by atoms with Crippen LogP contribution < -0.4 is 10.2 Å². The van der Waals surface area contributed by atoms with Gasteiger partial charge < -0.3 is 14.4 Å². The van der Waals surface area contributed by atoms with E-state index in [4.69, 9.17) is 9.47 Å². The second kappa shape index (κ2) is 8.62. The number of nitrogens with zero attached hydrogens (tertiary/aromatic N) is 2. The third kappa shape index (κ3) is 5.03. The highest BCUT2D eigenvalue weighted by Crippen LogP contribution is 2.15. The number of amides is 2. The topological polar surface area (TPSA) is 80.2 Å². The highest BCUT2D eigenvalue weighted by molar-refractivity contribution is 6.39. The van der Waals surface area contributed by atoms with Crippen LogP contribution in [0.4, 0.5) is 0 Å². The number of ether oxygens (including phenoxy) is 2. The number of nitrogens with one attached hydrogen (secondary N) is 1. The average Bonchev–Trinajstić information content (AvgIpc) is 3.15. The van der Waals surface area contributed by atoms with Crippen LogP contribution in [0.1, 0.15) is 25.7 Å². The first-order valence-electron chi connectivity index (χ1n) is 8.66. The van der Waals surface area contributed by atoms with E-state index in [0.717, 1.165) is 25.2 Å². The van der Waals surface area contributed by atoms with Gasteiger partial charge in [0, 0.05) is 26.0 Å². The van der Waals surface area contributed by atoms with Crippen molar-refractivity contribution in [2.45, 2.75) is 31.8 Å². The van der Waals surface area contributed by atoms with E-state index in [-0.39, 0.29) is 17.9 Å². The van der Waals surface area contributed by atoms with Crippen molar-refractivity contribution in [1.82, 2.24) is 10.3 Å². The summed E-state index contributed by atoms with van der Waals surface area (Å²) in [4.78, 5) is 25.7. The molecule has 1 unspecified atom stereocenters. The van der Waals surface area contributed by atoms with Gasteiger partial charge in [0.15, 0.2) is 0 Å². The summed E-state index contributed by atoms with van der Waals surface area (Å²) in [7, 11) is 0. The molecule has 1 aromatic rings. The Hall–Kier alpha value is -2.41. The molecule has 0 aliphatic carbocycles. The van der Waals surface area contributed by atoms with Crippen molar-refractivity contribution in [2.24, 2.45) is 5.10 Å². The summed E-state index contributed by atoms with van der Waals surface area (Å²) in [5.74, 6) is 0.455. The molecular weight excluding hydrogens is 322 g/mol. The van der Waals surface area contributed by atoms with Crippen LogP contribution >= 0.6 is 0 Å². The van der Waals surface area contributed by atoms with Crippen molar-refractivity contribution in [3.63, 3.8) is 0 Å². The molecule has 1 aromatic carbocycles. The van der Waals surface area contributed by atoms with Crippen molar-refractivity contribution in [2.75, 3.05) is 26.3 Å². The van der Waals surface area contributed by atoms with E-state index in [2.05, 4.69) is 10.5 Å². The van der Waals surface area contributed by atoms with Gasteiger partial charge in [0.25, 0.3) is 5.91 Å². The van der Waals surface area contributed by atoms with Gasteiger partial charge in [-0.2, -0.15) is 5.10 Å². The number of para-hydroxylation sites is 1. The van der Waals surface area contributed by atoms with Crippen LogP contribution in [-0.4, -0.2) is 54.8 Å². The van der Waals surface area contributed by atoms with Gasteiger partial charge in [-0.15, -0.1) is 0 Å². The van der Waals surface area contributed by atoms with Crippen LogP contribution in [0.3, 0.4) is 0 Å². The molecule has 7 nitrogen and oxygen atoms in total. The molecule has 0 bridgehead atoms. The maximum atomic E-state index is 12.8. The number of carbonyl (C=O) groups is 2. The molecule has 1 N–H and O–H groups in total. The van der Waals surface area contributed by atoms with Gasteiger partial charge in [-0.05, 0) is 25.0 Å². The molecule has 0 saturated carbocycles. The maximum absolute atomic E-state index is 12.8. The Kier molecular flexibility index (Phi) is 6.00.